The summed E-state index contributed by atoms with van der Waals surface area (Å²) in [6.45, 7) is 7.72. The molecule has 0 saturated carbocycles. The third kappa shape index (κ3) is 3.13. The lowest BCUT2D eigenvalue weighted by atomic mass is 9.98. The lowest BCUT2D eigenvalue weighted by Crippen LogP contribution is -2.32. The van der Waals surface area contributed by atoms with Crippen LogP contribution in [0.25, 0.3) is 11.2 Å². The van der Waals surface area contributed by atoms with Crippen LogP contribution in [0.3, 0.4) is 0 Å². The molecule has 2 aromatic heterocycles. The molecule has 120 valence electrons. The van der Waals surface area contributed by atoms with Crippen LogP contribution in [-0.2, 0) is 6.54 Å². The van der Waals surface area contributed by atoms with Crippen molar-refractivity contribution in [2.75, 3.05) is 13.1 Å². The summed E-state index contributed by atoms with van der Waals surface area (Å²) < 4.78 is 2.35. The molecule has 1 unspecified atom stereocenters. The van der Waals surface area contributed by atoms with Gasteiger partial charge in [-0.25, -0.2) is 9.97 Å². The molecule has 2 aromatic rings. The molecular weight excluding hydrogens is 296 g/mol. The van der Waals surface area contributed by atoms with E-state index in [9.17, 15) is 0 Å². The fourth-order valence-electron chi connectivity index (χ4n) is 3.49. The molecule has 0 aromatic carbocycles. The second-order valence-corrected chi connectivity index (χ2v) is 6.74. The van der Waals surface area contributed by atoms with Crippen molar-refractivity contribution in [1.29, 1.82) is 0 Å². The minimum Gasteiger partial charge on any atom is -0.316 e. The van der Waals surface area contributed by atoms with Crippen molar-refractivity contribution >= 4 is 22.8 Å². The molecule has 5 heteroatoms. The van der Waals surface area contributed by atoms with Crippen LogP contribution in [0.5, 0.6) is 0 Å². The SMILES string of the molecule is CCC(CC)c1nc2cc(Cl)cnc2n1CC1CCCNC1. The van der Waals surface area contributed by atoms with Gasteiger partial charge in [0.05, 0.1) is 5.02 Å². The van der Waals surface area contributed by atoms with E-state index >= 15 is 0 Å². The number of nitrogens with one attached hydrogen (secondary N) is 1. The van der Waals surface area contributed by atoms with Crippen LogP contribution in [0.4, 0.5) is 0 Å². The van der Waals surface area contributed by atoms with E-state index in [2.05, 4.69) is 28.7 Å². The Morgan fingerprint density at radius 1 is 1.41 bits per heavy atom. The van der Waals surface area contributed by atoms with E-state index in [-0.39, 0.29) is 0 Å². The van der Waals surface area contributed by atoms with E-state index < -0.39 is 0 Å². The molecule has 1 aliphatic heterocycles. The third-order valence-electron chi connectivity index (χ3n) is 4.77. The summed E-state index contributed by atoms with van der Waals surface area (Å²) in [7, 11) is 0. The Hall–Kier alpha value is -1.13. The maximum atomic E-state index is 6.10. The quantitative estimate of drug-likeness (QED) is 0.906. The van der Waals surface area contributed by atoms with Crippen molar-refractivity contribution in [3.05, 3.63) is 23.1 Å². The van der Waals surface area contributed by atoms with Gasteiger partial charge >= 0.3 is 0 Å². The van der Waals surface area contributed by atoms with E-state index in [0.717, 1.165) is 43.6 Å². The number of rotatable bonds is 5. The molecule has 0 bridgehead atoms. The summed E-state index contributed by atoms with van der Waals surface area (Å²) >= 11 is 6.10. The molecular formula is C17H25ClN4. The van der Waals surface area contributed by atoms with Crippen LogP contribution in [0.1, 0.15) is 51.3 Å². The van der Waals surface area contributed by atoms with Gasteiger partial charge in [-0.05, 0) is 50.8 Å². The number of hydrogen-bond acceptors (Lipinski definition) is 3. The van der Waals surface area contributed by atoms with E-state index in [1.807, 2.05) is 6.07 Å². The average molecular weight is 321 g/mol. The summed E-state index contributed by atoms with van der Waals surface area (Å²) in [6, 6.07) is 1.94. The number of nitrogens with zero attached hydrogens (tertiary/aromatic N) is 3. The van der Waals surface area contributed by atoms with Crippen molar-refractivity contribution in [1.82, 2.24) is 19.9 Å². The van der Waals surface area contributed by atoms with Gasteiger partial charge in [0.1, 0.15) is 11.3 Å². The molecule has 1 atom stereocenters. The number of piperidine rings is 1. The van der Waals surface area contributed by atoms with Gasteiger partial charge in [-0.2, -0.15) is 0 Å². The van der Waals surface area contributed by atoms with Gasteiger partial charge in [0, 0.05) is 18.7 Å². The Labute approximate surface area is 137 Å². The standard InChI is InChI=1S/C17H25ClN4/c1-3-13(4-2)16-21-15-8-14(18)10-20-17(15)22(16)11-12-6-5-7-19-9-12/h8,10,12-13,19H,3-7,9,11H2,1-2H3. The number of aromatic nitrogens is 3. The number of pyridine rings is 1. The lowest BCUT2D eigenvalue weighted by Gasteiger charge is -2.25. The molecule has 1 fully saturated rings. The summed E-state index contributed by atoms with van der Waals surface area (Å²) in [5.41, 5.74) is 1.91. The highest BCUT2D eigenvalue weighted by molar-refractivity contribution is 6.31. The van der Waals surface area contributed by atoms with Crippen molar-refractivity contribution in [2.24, 2.45) is 5.92 Å². The first kappa shape index (κ1) is 15.8. The van der Waals surface area contributed by atoms with Crippen LogP contribution in [0, 0.1) is 5.92 Å². The molecule has 4 nitrogen and oxygen atoms in total. The summed E-state index contributed by atoms with van der Waals surface area (Å²) in [5.74, 6) is 2.33. The summed E-state index contributed by atoms with van der Waals surface area (Å²) in [4.78, 5) is 9.44. The lowest BCUT2D eigenvalue weighted by molar-refractivity contribution is 0.333. The highest BCUT2D eigenvalue weighted by Crippen LogP contribution is 2.28. The molecule has 1 aliphatic rings. The predicted molar refractivity (Wildman–Crippen MR) is 91.5 cm³/mol. The Bertz CT molecular complexity index is 627. The first-order valence-corrected chi connectivity index (χ1v) is 8.83. The molecule has 22 heavy (non-hydrogen) atoms. The van der Waals surface area contributed by atoms with Gasteiger partial charge in [-0.15, -0.1) is 0 Å². The molecule has 3 rings (SSSR count). The van der Waals surface area contributed by atoms with Crippen LogP contribution < -0.4 is 5.32 Å². The Balaban J connectivity index is 2.01. The average Bonchev–Trinajstić information content (AvgIpc) is 2.87. The largest absolute Gasteiger partial charge is 0.316 e. The van der Waals surface area contributed by atoms with E-state index in [0.29, 0.717) is 16.9 Å². The van der Waals surface area contributed by atoms with E-state index in [1.165, 1.54) is 18.7 Å². The first-order chi connectivity index (χ1) is 10.7. The zero-order chi connectivity index (χ0) is 15.5. The van der Waals surface area contributed by atoms with E-state index in [1.54, 1.807) is 6.20 Å². The van der Waals surface area contributed by atoms with Crippen LogP contribution in [0.15, 0.2) is 12.3 Å². The predicted octanol–water partition coefficient (Wildman–Crippen LogP) is 3.99. The number of halogens is 1. The van der Waals surface area contributed by atoms with Gasteiger partial charge in [-0.1, -0.05) is 25.4 Å². The topological polar surface area (TPSA) is 42.7 Å². The molecule has 0 spiro atoms. The third-order valence-corrected chi connectivity index (χ3v) is 4.98. The van der Waals surface area contributed by atoms with Crippen molar-refractivity contribution in [3.8, 4) is 0 Å². The summed E-state index contributed by atoms with van der Waals surface area (Å²) in [5, 5.41) is 4.17. The molecule has 1 N–H and O–H groups in total. The zero-order valence-corrected chi connectivity index (χ0v) is 14.2. The molecule has 0 radical (unpaired) electrons. The highest BCUT2D eigenvalue weighted by atomic mass is 35.5. The van der Waals surface area contributed by atoms with Crippen molar-refractivity contribution in [2.45, 2.75) is 52.0 Å². The summed E-state index contributed by atoms with van der Waals surface area (Å²) in [6.07, 6.45) is 6.49. The normalized spacial score (nSPS) is 19.2. The van der Waals surface area contributed by atoms with Gasteiger partial charge in [0.25, 0.3) is 0 Å². The van der Waals surface area contributed by atoms with Crippen LogP contribution in [0.2, 0.25) is 5.02 Å². The van der Waals surface area contributed by atoms with Crippen molar-refractivity contribution < 1.29 is 0 Å². The molecule has 3 heterocycles. The minimum atomic E-state index is 0.490. The molecule has 1 saturated heterocycles. The van der Waals surface area contributed by atoms with E-state index in [4.69, 9.17) is 16.6 Å². The maximum Gasteiger partial charge on any atom is 0.160 e. The minimum absolute atomic E-state index is 0.490. The molecule has 0 aliphatic carbocycles. The fraction of sp³-hybridized carbons (Fsp3) is 0.647. The first-order valence-electron chi connectivity index (χ1n) is 8.45. The number of fused-ring (bicyclic) bond motifs is 1. The maximum absolute atomic E-state index is 6.10. The van der Waals surface area contributed by atoms with Gasteiger partial charge < -0.3 is 9.88 Å². The van der Waals surface area contributed by atoms with Gasteiger partial charge in [-0.3, -0.25) is 0 Å². The highest BCUT2D eigenvalue weighted by Gasteiger charge is 2.22. The Morgan fingerprint density at radius 2 is 2.23 bits per heavy atom. The van der Waals surface area contributed by atoms with Crippen LogP contribution in [-0.4, -0.2) is 27.6 Å². The number of hydrogen-bond donors (Lipinski definition) is 1. The Morgan fingerprint density at radius 3 is 2.91 bits per heavy atom. The van der Waals surface area contributed by atoms with Gasteiger partial charge in [0.15, 0.2) is 5.65 Å². The molecule has 0 amide bonds. The van der Waals surface area contributed by atoms with Gasteiger partial charge in [0.2, 0.25) is 0 Å². The van der Waals surface area contributed by atoms with Crippen LogP contribution >= 0.6 is 11.6 Å². The fourth-order valence-corrected chi connectivity index (χ4v) is 3.64. The zero-order valence-electron chi connectivity index (χ0n) is 13.5. The second kappa shape index (κ2) is 6.97. The Kier molecular flexibility index (Phi) is 4.99. The van der Waals surface area contributed by atoms with Crippen molar-refractivity contribution in [3.63, 3.8) is 0 Å². The monoisotopic (exact) mass is 320 g/mol. The number of imidazole rings is 1. The smallest absolute Gasteiger partial charge is 0.160 e. The second-order valence-electron chi connectivity index (χ2n) is 6.30.